The molecule has 0 atom stereocenters. The van der Waals surface area contributed by atoms with Gasteiger partial charge in [-0.05, 0) is 43.1 Å². The quantitative estimate of drug-likeness (QED) is 0.385. The van der Waals surface area contributed by atoms with Crippen molar-refractivity contribution in [2.45, 2.75) is 33.2 Å². The molecule has 4 heterocycles. The number of rotatable bonds is 5. The van der Waals surface area contributed by atoms with E-state index >= 15 is 0 Å². The molecule has 6 heteroatoms. The molecule has 0 radical (unpaired) electrons. The molecule has 0 aliphatic carbocycles. The Labute approximate surface area is 212 Å². The maximum Gasteiger partial charge on any atom is 0.141 e. The van der Waals surface area contributed by atoms with Crippen LogP contribution in [0.1, 0.15) is 34.3 Å². The molecule has 6 rings (SSSR count). The van der Waals surface area contributed by atoms with Gasteiger partial charge in [-0.2, -0.15) is 0 Å². The highest BCUT2D eigenvalue weighted by molar-refractivity contribution is 7.19. The van der Waals surface area contributed by atoms with Gasteiger partial charge in [0.25, 0.3) is 0 Å². The molecule has 2 aromatic heterocycles. The van der Waals surface area contributed by atoms with E-state index in [1.807, 2.05) is 11.3 Å². The van der Waals surface area contributed by atoms with Crippen LogP contribution in [-0.4, -0.2) is 54.1 Å². The molecule has 0 spiro atoms. The SMILES string of the molecule is CCN1CCc2c(sc3nc(Cc4ccccc4)nc(N4CCN(c5ccc(C)cc5)CC4)c23)C1. The molecule has 2 aromatic carbocycles. The van der Waals surface area contributed by atoms with Crippen LogP contribution in [0.3, 0.4) is 0 Å². The minimum absolute atomic E-state index is 0.775. The van der Waals surface area contributed by atoms with Crippen LogP contribution in [0.25, 0.3) is 10.2 Å². The van der Waals surface area contributed by atoms with E-state index in [1.165, 1.54) is 37.5 Å². The lowest BCUT2D eigenvalue weighted by Crippen LogP contribution is -2.47. The minimum atomic E-state index is 0.775. The first-order valence-electron chi connectivity index (χ1n) is 12.8. The van der Waals surface area contributed by atoms with Crippen LogP contribution >= 0.6 is 11.3 Å². The van der Waals surface area contributed by atoms with Crippen molar-refractivity contribution in [2.24, 2.45) is 0 Å². The highest BCUT2D eigenvalue weighted by Crippen LogP contribution is 2.39. The Kier molecular flexibility index (Phi) is 6.17. The van der Waals surface area contributed by atoms with E-state index in [-0.39, 0.29) is 0 Å². The number of hydrogen-bond acceptors (Lipinski definition) is 6. The van der Waals surface area contributed by atoms with Crippen LogP contribution in [0, 0.1) is 6.92 Å². The average molecular weight is 484 g/mol. The molecule has 2 aliphatic rings. The van der Waals surface area contributed by atoms with Crippen molar-refractivity contribution >= 4 is 33.1 Å². The molecule has 35 heavy (non-hydrogen) atoms. The lowest BCUT2D eigenvalue weighted by molar-refractivity contribution is 0.272. The fourth-order valence-electron chi connectivity index (χ4n) is 5.36. The molecule has 0 bridgehead atoms. The molecule has 2 aliphatic heterocycles. The zero-order valence-corrected chi connectivity index (χ0v) is 21.5. The molecule has 0 unspecified atom stereocenters. The first-order chi connectivity index (χ1) is 17.2. The second-order valence-electron chi connectivity index (χ2n) is 9.74. The average Bonchev–Trinajstić information content (AvgIpc) is 3.27. The molecule has 1 saturated heterocycles. The molecule has 0 amide bonds. The number of thiophene rings is 1. The second kappa shape index (κ2) is 9.59. The summed E-state index contributed by atoms with van der Waals surface area (Å²) in [6.07, 6.45) is 1.87. The Morgan fingerprint density at radius 1 is 0.857 bits per heavy atom. The van der Waals surface area contributed by atoms with E-state index in [0.717, 1.165) is 70.3 Å². The van der Waals surface area contributed by atoms with Crippen molar-refractivity contribution in [2.75, 3.05) is 49.1 Å². The van der Waals surface area contributed by atoms with Gasteiger partial charge >= 0.3 is 0 Å². The van der Waals surface area contributed by atoms with Crippen molar-refractivity contribution in [3.05, 3.63) is 82.0 Å². The second-order valence-corrected chi connectivity index (χ2v) is 10.8. The lowest BCUT2D eigenvalue weighted by Gasteiger charge is -2.37. The van der Waals surface area contributed by atoms with Gasteiger partial charge in [0.1, 0.15) is 16.5 Å². The summed E-state index contributed by atoms with van der Waals surface area (Å²) in [4.78, 5) is 20.6. The van der Waals surface area contributed by atoms with Gasteiger partial charge in [-0.15, -0.1) is 11.3 Å². The minimum Gasteiger partial charge on any atom is -0.368 e. The summed E-state index contributed by atoms with van der Waals surface area (Å²) in [6, 6.07) is 19.5. The number of hydrogen-bond donors (Lipinski definition) is 0. The van der Waals surface area contributed by atoms with Crippen LogP contribution in [-0.2, 0) is 19.4 Å². The molecule has 180 valence electrons. The van der Waals surface area contributed by atoms with E-state index in [1.54, 1.807) is 0 Å². The van der Waals surface area contributed by atoms with E-state index in [9.17, 15) is 0 Å². The molecular weight excluding hydrogens is 450 g/mol. The predicted molar refractivity (Wildman–Crippen MR) is 147 cm³/mol. The summed E-state index contributed by atoms with van der Waals surface area (Å²) in [5.41, 5.74) is 5.39. The van der Waals surface area contributed by atoms with E-state index in [4.69, 9.17) is 9.97 Å². The van der Waals surface area contributed by atoms with Gasteiger partial charge in [0.2, 0.25) is 0 Å². The highest BCUT2D eigenvalue weighted by atomic mass is 32.1. The summed E-state index contributed by atoms with van der Waals surface area (Å²) < 4.78 is 0. The number of benzene rings is 2. The van der Waals surface area contributed by atoms with Gasteiger partial charge in [-0.25, -0.2) is 9.97 Å². The lowest BCUT2D eigenvalue weighted by atomic mass is 10.0. The van der Waals surface area contributed by atoms with Gasteiger partial charge in [-0.1, -0.05) is 55.0 Å². The van der Waals surface area contributed by atoms with E-state index < -0.39 is 0 Å². The number of aryl methyl sites for hydroxylation is 1. The molecule has 0 saturated carbocycles. The number of likely N-dealkylation sites (N-methyl/N-ethyl adjacent to an activating group) is 1. The Morgan fingerprint density at radius 2 is 1.60 bits per heavy atom. The fraction of sp³-hybridized carbons (Fsp3) is 0.379. The van der Waals surface area contributed by atoms with Gasteiger partial charge in [0, 0.05) is 56.3 Å². The molecule has 1 fully saturated rings. The third kappa shape index (κ3) is 4.53. The van der Waals surface area contributed by atoms with Crippen molar-refractivity contribution < 1.29 is 0 Å². The molecular formula is C29H33N5S. The van der Waals surface area contributed by atoms with Gasteiger partial charge in [0.05, 0.1) is 5.39 Å². The van der Waals surface area contributed by atoms with E-state index in [0.29, 0.717) is 0 Å². The molecule has 5 nitrogen and oxygen atoms in total. The van der Waals surface area contributed by atoms with Crippen molar-refractivity contribution in [3.63, 3.8) is 0 Å². The maximum absolute atomic E-state index is 5.24. The third-order valence-corrected chi connectivity index (χ3v) is 8.55. The van der Waals surface area contributed by atoms with E-state index in [2.05, 4.69) is 83.1 Å². The Hall–Kier alpha value is -2.96. The topological polar surface area (TPSA) is 35.5 Å². The number of nitrogens with zero attached hydrogens (tertiary/aromatic N) is 5. The maximum atomic E-state index is 5.24. The van der Waals surface area contributed by atoms with Crippen LogP contribution < -0.4 is 9.80 Å². The molecule has 0 N–H and O–H groups in total. The zero-order valence-electron chi connectivity index (χ0n) is 20.7. The van der Waals surface area contributed by atoms with Crippen molar-refractivity contribution in [1.29, 1.82) is 0 Å². The van der Waals surface area contributed by atoms with Crippen LogP contribution in [0.2, 0.25) is 0 Å². The Balaban J connectivity index is 1.34. The normalized spacial score (nSPS) is 16.6. The van der Waals surface area contributed by atoms with Gasteiger partial charge in [0.15, 0.2) is 0 Å². The largest absolute Gasteiger partial charge is 0.368 e. The highest BCUT2D eigenvalue weighted by Gasteiger charge is 2.27. The Morgan fingerprint density at radius 3 is 2.34 bits per heavy atom. The molecule has 4 aromatic rings. The summed E-state index contributed by atoms with van der Waals surface area (Å²) >= 11 is 1.89. The van der Waals surface area contributed by atoms with Crippen LogP contribution in [0.4, 0.5) is 11.5 Å². The number of fused-ring (bicyclic) bond motifs is 3. The van der Waals surface area contributed by atoms with Gasteiger partial charge < -0.3 is 9.80 Å². The zero-order chi connectivity index (χ0) is 23.8. The first-order valence-corrected chi connectivity index (χ1v) is 13.6. The Bertz CT molecular complexity index is 1310. The third-order valence-electron chi connectivity index (χ3n) is 7.44. The van der Waals surface area contributed by atoms with Crippen LogP contribution in [0.15, 0.2) is 54.6 Å². The first kappa shape index (κ1) is 22.5. The number of aromatic nitrogens is 2. The number of anilines is 2. The summed E-state index contributed by atoms with van der Waals surface area (Å²) in [7, 11) is 0. The smallest absolute Gasteiger partial charge is 0.141 e. The van der Waals surface area contributed by atoms with Gasteiger partial charge in [-0.3, -0.25) is 4.90 Å². The summed E-state index contributed by atoms with van der Waals surface area (Å²) in [6.45, 7) is 11.7. The fourth-order valence-corrected chi connectivity index (χ4v) is 6.64. The van der Waals surface area contributed by atoms with Crippen molar-refractivity contribution in [1.82, 2.24) is 14.9 Å². The van der Waals surface area contributed by atoms with Crippen LogP contribution in [0.5, 0.6) is 0 Å². The summed E-state index contributed by atoms with van der Waals surface area (Å²) in [5, 5.41) is 1.32. The predicted octanol–water partition coefficient (Wildman–Crippen LogP) is 5.30. The summed E-state index contributed by atoms with van der Waals surface area (Å²) in [5.74, 6) is 2.09. The standard InChI is InChI=1S/C29H33N5S/c1-3-32-14-13-24-25(20-32)35-29-27(24)28(30-26(31-29)19-22-7-5-4-6-8-22)34-17-15-33(16-18-34)23-11-9-21(2)10-12-23/h4-12H,3,13-20H2,1-2H3. The van der Waals surface area contributed by atoms with Crippen molar-refractivity contribution in [3.8, 4) is 0 Å². The number of piperazine rings is 1. The monoisotopic (exact) mass is 483 g/mol.